The number of nitrogens with one attached hydrogen (secondary N) is 1. The largest absolute Gasteiger partial charge is 0.314 e. The van der Waals surface area contributed by atoms with Crippen molar-refractivity contribution in [2.45, 2.75) is 19.5 Å². The van der Waals surface area contributed by atoms with E-state index < -0.39 is 0 Å². The molecule has 0 radical (unpaired) electrons. The molecule has 2 heterocycles. The summed E-state index contributed by atoms with van der Waals surface area (Å²) in [6.45, 7) is 6.39. The van der Waals surface area contributed by atoms with Crippen LogP contribution in [-0.4, -0.2) is 35.6 Å². The van der Waals surface area contributed by atoms with Crippen LogP contribution in [0.4, 0.5) is 0 Å². The van der Waals surface area contributed by atoms with Crippen LogP contribution in [-0.2, 0) is 6.54 Å². The first-order valence-electron chi connectivity index (χ1n) is 6.72. The van der Waals surface area contributed by atoms with E-state index in [-0.39, 0.29) is 0 Å². The zero-order valence-corrected chi connectivity index (χ0v) is 11.8. The standard InChI is InChI=1S/C15H18ClN3/c1-11-9-17-7-8-19(11)10-12-4-5-14(16)13-3-2-6-18-15(12)13/h2-6,11,17H,7-10H2,1H3/t11-/m0/s1. The van der Waals surface area contributed by atoms with Gasteiger partial charge in [0.05, 0.1) is 5.52 Å². The lowest BCUT2D eigenvalue weighted by atomic mass is 10.1. The third-order valence-electron chi connectivity index (χ3n) is 3.81. The minimum atomic E-state index is 0.559. The third-order valence-corrected chi connectivity index (χ3v) is 4.14. The van der Waals surface area contributed by atoms with Crippen molar-refractivity contribution in [3.8, 4) is 0 Å². The number of nitrogens with zero attached hydrogens (tertiary/aromatic N) is 2. The molecular formula is C15H18ClN3. The molecule has 1 atom stereocenters. The molecule has 0 aliphatic carbocycles. The summed E-state index contributed by atoms with van der Waals surface area (Å²) in [4.78, 5) is 7.00. The Morgan fingerprint density at radius 1 is 1.42 bits per heavy atom. The van der Waals surface area contributed by atoms with E-state index in [9.17, 15) is 0 Å². The highest BCUT2D eigenvalue weighted by Gasteiger charge is 2.19. The highest BCUT2D eigenvalue weighted by molar-refractivity contribution is 6.35. The van der Waals surface area contributed by atoms with Crippen LogP contribution in [0.5, 0.6) is 0 Å². The number of hydrogen-bond donors (Lipinski definition) is 1. The number of aromatic nitrogens is 1. The Balaban J connectivity index is 1.94. The molecule has 0 spiro atoms. The predicted octanol–water partition coefficient (Wildman–Crippen LogP) is 2.68. The van der Waals surface area contributed by atoms with E-state index in [4.69, 9.17) is 11.6 Å². The van der Waals surface area contributed by atoms with Gasteiger partial charge >= 0.3 is 0 Å². The summed E-state index contributed by atoms with van der Waals surface area (Å²) in [6.07, 6.45) is 1.84. The summed E-state index contributed by atoms with van der Waals surface area (Å²) in [5.41, 5.74) is 2.29. The summed E-state index contributed by atoms with van der Waals surface area (Å²) in [7, 11) is 0. The summed E-state index contributed by atoms with van der Waals surface area (Å²) in [5.74, 6) is 0. The van der Waals surface area contributed by atoms with E-state index in [1.807, 2.05) is 24.4 Å². The van der Waals surface area contributed by atoms with Crippen molar-refractivity contribution < 1.29 is 0 Å². The van der Waals surface area contributed by atoms with Gasteiger partial charge in [-0.3, -0.25) is 9.88 Å². The second-order valence-corrected chi connectivity index (χ2v) is 5.54. The highest BCUT2D eigenvalue weighted by atomic mass is 35.5. The van der Waals surface area contributed by atoms with Gasteiger partial charge in [0.1, 0.15) is 0 Å². The first kappa shape index (κ1) is 12.9. The topological polar surface area (TPSA) is 28.2 Å². The Morgan fingerprint density at radius 2 is 2.32 bits per heavy atom. The van der Waals surface area contributed by atoms with Crippen molar-refractivity contribution in [2.24, 2.45) is 0 Å². The van der Waals surface area contributed by atoms with Gasteiger partial charge < -0.3 is 5.32 Å². The summed E-state index contributed by atoms with van der Waals surface area (Å²) < 4.78 is 0. The van der Waals surface area contributed by atoms with Crippen LogP contribution in [0.15, 0.2) is 30.5 Å². The van der Waals surface area contributed by atoms with Gasteiger partial charge in [0.15, 0.2) is 0 Å². The number of halogens is 1. The Labute approximate surface area is 118 Å². The first-order valence-corrected chi connectivity index (χ1v) is 7.10. The molecule has 0 unspecified atom stereocenters. The number of rotatable bonds is 2. The monoisotopic (exact) mass is 275 g/mol. The van der Waals surface area contributed by atoms with Gasteiger partial charge in [-0.25, -0.2) is 0 Å². The molecule has 4 heteroatoms. The lowest BCUT2D eigenvalue weighted by molar-refractivity contribution is 0.166. The van der Waals surface area contributed by atoms with Gasteiger partial charge in [-0.1, -0.05) is 17.7 Å². The van der Waals surface area contributed by atoms with Gasteiger partial charge in [-0.05, 0) is 30.7 Å². The first-order chi connectivity index (χ1) is 9.25. The lowest BCUT2D eigenvalue weighted by Gasteiger charge is -2.34. The molecule has 1 aliphatic heterocycles. The van der Waals surface area contributed by atoms with Gasteiger partial charge in [0.25, 0.3) is 0 Å². The minimum absolute atomic E-state index is 0.559. The average Bonchev–Trinajstić information content (AvgIpc) is 2.44. The maximum Gasteiger partial charge on any atom is 0.0761 e. The molecule has 19 heavy (non-hydrogen) atoms. The number of fused-ring (bicyclic) bond motifs is 1. The molecule has 0 amide bonds. The van der Waals surface area contributed by atoms with Gasteiger partial charge in [-0.2, -0.15) is 0 Å². The van der Waals surface area contributed by atoms with E-state index in [2.05, 4.69) is 28.2 Å². The van der Waals surface area contributed by atoms with Gasteiger partial charge in [-0.15, -0.1) is 0 Å². The molecule has 1 saturated heterocycles. The normalized spacial score (nSPS) is 20.8. The molecule has 1 aromatic heterocycles. The number of hydrogen-bond acceptors (Lipinski definition) is 3. The van der Waals surface area contributed by atoms with Crippen molar-refractivity contribution in [3.05, 3.63) is 41.0 Å². The van der Waals surface area contributed by atoms with Crippen LogP contribution in [0, 0.1) is 0 Å². The van der Waals surface area contributed by atoms with Crippen LogP contribution in [0.1, 0.15) is 12.5 Å². The van der Waals surface area contributed by atoms with Crippen LogP contribution in [0.3, 0.4) is 0 Å². The maximum absolute atomic E-state index is 6.24. The van der Waals surface area contributed by atoms with E-state index >= 15 is 0 Å². The SMILES string of the molecule is C[C@H]1CNCCN1Cc1ccc(Cl)c2cccnc12. The van der Waals surface area contributed by atoms with Crippen LogP contribution < -0.4 is 5.32 Å². The number of pyridine rings is 1. The molecule has 1 aromatic carbocycles. The molecule has 3 nitrogen and oxygen atoms in total. The lowest BCUT2D eigenvalue weighted by Crippen LogP contribution is -2.49. The van der Waals surface area contributed by atoms with Crippen LogP contribution >= 0.6 is 11.6 Å². The summed E-state index contributed by atoms with van der Waals surface area (Å²) in [6, 6.07) is 8.62. The average molecular weight is 276 g/mol. The molecule has 2 aromatic rings. The Morgan fingerprint density at radius 3 is 3.16 bits per heavy atom. The molecule has 0 saturated carbocycles. The van der Waals surface area contributed by atoms with E-state index in [1.165, 1.54) is 5.56 Å². The summed E-state index contributed by atoms with van der Waals surface area (Å²) in [5, 5.41) is 5.24. The second kappa shape index (κ2) is 5.45. The zero-order valence-electron chi connectivity index (χ0n) is 11.1. The fourth-order valence-corrected chi connectivity index (χ4v) is 2.88. The quantitative estimate of drug-likeness (QED) is 0.913. The van der Waals surface area contributed by atoms with E-state index in [1.54, 1.807) is 0 Å². The van der Waals surface area contributed by atoms with Crippen molar-refractivity contribution in [1.29, 1.82) is 0 Å². The van der Waals surface area contributed by atoms with Crippen molar-refractivity contribution in [3.63, 3.8) is 0 Å². The van der Waals surface area contributed by atoms with Crippen LogP contribution in [0.25, 0.3) is 10.9 Å². The minimum Gasteiger partial charge on any atom is -0.314 e. The van der Waals surface area contributed by atoms with Crippen molar-refractivity contribution in [1.82, 2.24) is 15.2 Å². The number of benzene rings is 1. The van der Waals surface area contributed by atoms with Gasteiger partial charge in [0, 0.05) is 48.8 Å². The second-order valence-electron chi connectivity index (χ2n) is 5.13. The molecule has 100 valence electrons. The maximum atomic E-state index is 6.24. The van der Waals surface area contributed by atoms with E-state index in [0.29, 0.717) is 6.04 Å². The molecule has 3 rings (SSSR count). The molecule has 1 aliphatic rings. The molecular weight excluding hydrogens is 258 g/mol. The van der Waals surface area contributed by atoms with E-state index in [0.717, 1.165) is 42.1 Å². The fourth-order valence-electron chi connectivity index (χ4n) is 2.66. The molecule has 1 N–H and O–H groups in total. The summed E-state index contributed by atoms with van der Waals surface area (Å²) >= 11 is 6.24. The van der Waals surface area contributed by atoms with Gasteiger partial charge in [0.2, 0.25) is 0 Å². The Kier molecular flexibility index (Phi) is 3.69. The van der Waals surface area contributed by atoms with Crippen molar-refractivity contribution in [2.75, 3.05) is 19.6 Å². The third kappa shape index (κ3) is 2.59. The number of piperazine rings is 1. The fraction of sp³-hybridized carbons (Fsp3) is 0.400. The molecule has 1 fully saturated rings. The smallest absolute Gasteiger partial charge is 0.0761 e. The molecule has 0 bridgehead atoms. The van der Waals surface area contributed by atoms with Crippen LogP contribution in [0.2, 0.25) is 5.02 Å². The highest BCUT2D eigenvalue weighted by Crippen LogP contribution is 2.26. The van der Waals surface area contributed by atoms with Crippen molar-refractivity contribution >= 4 is 22.5 Å². The zero-order chi connectivity index (χ0) is 13.2. The Hall–Kier alpha value is -1.16. The Bertz CT molecular complexity index is 585. The predicted molar refractivity (Wildman–Crippen MR) is 79.5 cm³/mol.